The highest BCUT2D eigenvalue weighted by Crippen LogP contribution is 2.23. The van der Waals surface area contributed by atoms with E-state index in [2.05, 4.69) is 34.5 Å². The zero-order chi connectivity index (χ0) is 13.0. The summed E-state index contributed by atoms with van der Waals surface area (Å²) in [7, 11) is 0. The Morgan fingerprint density at radius 3 is 2.67 bits per heavy atom. The molecule has 0 spiro atoms. The lowest BCUT2D eigenvalue weighted by atomic mass is 9.91. The lowest BCUT2D eigenvalue weighted by Crippen LogP contribution is -2.40. The van der Waals surface area contributed by atoms with E-state index in [0.29, 0.717) is 12.1 Å². The highest BCUT2D eigenvalue weighted by molar-refractivity contribution is 4.93. The van der Waals surface area contributed by atoms with Crippen molar-refractivity contribution in [2.45, 2.75) is 64.7 Å². The molecule has 1 aliphatic rings. The highest BCUT2D eigenvalue weighted by Gasteiger charge is 2.24. The SMILES string of the molecule is CCN(Cc1nccn1CC)C1CCC(N)CC1. The molecule has 1 fully saturated rings. The van der Waals surface area contributed by atoms with E-state index in [1.54, 1.807) is 0 Å². The number of hydrogen-bond acceptors (Lipinski definition) is 3. The van der Waals surface area contributed by atoms with Crippen LogP contribution in [0.1, 0.15) is 45.4 Å². The van der Waals surface area contributed by atoms with E-state index in [4.69, 9.17) is 5.73 Å². The first kappa shape index (κ1) is 13.6. The molecular weight excluding hydrogens is 224 g/mol. The van der Waals surface area contributed by atoms with Crippen molar-refractivity contribution in [1.29, 1.82) is 0 Å². The molecule has 2 N–H and O–H groups in total. The van der Waals surface area contributed by atoms with Crippen molar-refractivity contribution in [3.63, 3.8) is 0 Å². The van der Waals surface area contributed by atoms with E-state index in [1.165, 1.54) is 31.5 Å². The van der Waals surface area contributed by atoms with Crippen molar-refractivity contribution in [1.82, 2.24) is 14.5 Å². The van der Waals surface area contributed by atoms with Gasteiger partial charge in [0.05, 0.1) is 6.54 Å². The lowest BCUT2D eigenvalue weighted by Gasteiger charge is -2.35. The molecule has 1 saturated carbocycles. The van der Waals surface area contributed by atoms with E-state index >= 15 is 0 Å². The van der Waals surface area contributed by atoms with Crippen molar-refractivity contribution >= 4 is 0 Å². The quantitative estimate of drug-likeness (QED) is 0.869. The van der Waals surface area contributed by atoms with Crippen molar-refractivity contribution in [3.8, 4) is 0 Å². The molecule has 2 rings (SSSR count). The summed E-state index contributed by atoms with van der Waals surface area (Å²) in [5, 5.41) is 0. The van der Waals surface area contributed by atoms with Crippen LogP contribution in [0.2, 0.25) is 0 Å². The van der Waals surface area contributed by atoms with Crippen LogP contribution in [0.3, 0.4) is 0 Å². The van der Waals surface area contributed by atoms with Gasteiger partial charge in [0.2, 0.25) is 0 Å². The zero-order valence-corrected chi connectivity index (χ0v) is 11.7. The standard InChI is InChI=1S/C14H26N4/c1-3-17-10-9-16-14(17)11-18(4-2)13-7-5-12(15)6-8-13/h9-10,12-13H,3-8,11,15H2,1-2H3. The normalized spacial score (nSPS) is 24.7. The highest BCUT2D eigenvalue weighted by atomic mass is 15.2. The van der Waals surface area contributed by atoms with Crippen LogP contribution in [0.15, 0.2) is 12.4 Å². The minimum absolute atomic E-state index is 0.428. The molecule has 0 saturated heterocycles. The van der Waals surface area contributed by atoms with E-state index in [-0.39, 0.29) is 0 Å². The third kappa shape index (κ3) is 3.12. The summed E-state index contributed by atoms with van der Waals surface area (Å²) in [6.07, 6.45) is 8.79. The third-order valence-electron chi connectivity index (χ3n) is 4.15. The minimum Gasteiger partial charge on any atom is -0.334 e. The number of nitrogens with zero attached hydrogens (tertiary/aromatic N) is 3. The Labute approximate surface area is 110 Å². The second-order valence-electron chi connectivity index (χ2n) is 5.26. The molecule has 0 bridgehead atoms. The van der Waals surface area contributed by atoms with Gasteiger partial charge in [-0.1, -0.05) is 6.92 Å². The minimum atomic E-state index is 0.428. The van der Waals surface area contributed by atoms with Gasteiger partial charge < -0.3 is 10.3 Å². The van der Waals surface area contributed by atoms with Crippen LogP contribution in [0.4, 0.5) is 0 Å². The molecule has 0 radical (unpaired) electrons. The first-order valence-electron chi connectivity index (χ1n) is 7.24. The number of imidazole rings is 1. The molecular formula is C14H26N4. The van der Waals surface area contributed by atoms with Gasteiger partial charge >= 0.3 is 0 Å². The summed E-state index contributed by atoms with van der Waals surface area (Å²) in [5.74, 6) is 1.19. The summed E-state index contributed by atoms with van der Waals surface area (Å²) in [6.45, 7) is 7.48. The van der Waals surface area contributed by atoms with Crippen LogP contribution in [-0.2, 0) is 13.1 Å². The average molecular weight is 250 g/mol. The van der Waals surface area contributed by atoms with Gasteiger partial charge in [-0.25, -0.2) is 4.98 Å². The Hall–Kier alpha value is -0.870. The van der Waals surface area contributed by atoms with E-state index in [9.17, 15) is 0 Å². The van der Waals surface area contributed by atoms with Crippen LogP contribution in [0.25, 0.3) is 0 Å². The van der Waals surface area contributed by atoms with Gasteiger partial charge in [0, 0.05) is 31.0 Å². The smallest absolute Gasteiger partial charge is 0.122 e. The summed E-state index contributed by atoms with van der Waals surface area (Å²) >= 11 is 0. The van der Waals surface area contributed by atoms with Crippen molar-refractivity contribution in [2.24, 2.45) is 5.73 Å². The van der Waals surface area contributed by atoms with Crippen LogP contribution in [0, 0.1) is 0 Å². The first-order chi connectivity index (χ1) is 8.74. The predicted octanol–water partition coefficient (Wildman–Crippen LogP) is 1.99. The molecule has 0 unspecified atom stereocenters. The summed E-state index contributed by atoms with van der Waals surface area (Å²) in [5.41, 5.74) is 5.99. The largest absolute Gasteiger partial charge is 0.334 e. The Bertz CT molecular complexity index is 352. The van der Waals surface area contributed by atoms with Gasteiger partial charge in [0.25, 0.3) is 0 Å². The molecule has 0 aliphatic heterocycles. The number of aryl methyl sites for hydroxylation is 1. The summed E-state index contributed by atoms with van der Waals surface area (Å²) < 4.78 is 2.23. The number of rotatable bonds is 5. The molecule has 1 heterocycles. The van der Waals surface area contributed by atoms with E-state index in [1.807, 2.05) is 6.20 Å². The maximum atomic E-state index is 5.99. The second-order valence-corrected chi connectivity index (χ2v) is 5.26. The fourth-order valence-corrected chi connectivity index (χ4v) is 2.93. The Morgan fingerprint density at radius 1 is 1.33 bits per heavy atom. The molecule has 102 valence electrons. The van der Waals surface area contributed by atoms with Crippen LogP contribution in [-0.4, -0.2) is 33.1 Å². The van der Waals surface area contributed by atoms with Gasteiger partial charge in [-0.05, 0) is 39.2 Å². The molecule has 1 aliphatic carbocycles. The first-order valence-corrected chi connectivity index (χ1v) is 7.24. The van der Waals surface area contributed by atoms with Gasteiger partial charge in [0.15, 0.2) is 0 Å². The molecule has 1 aromatic heterocycles. The molecule has 18 heavy (non-hydrogen) atoms. The van der Waals surface area contributed by atoms with Crippen LogP contribution < -0.4 is 5.73 Å². The summed E-state index contributed by atoms with van der Waals surface area (Å²) in [6, 6.07) is 1.12. The Kier molecular flexibility index (Phi) is 4.78. The molecule has 0 atom stereocenters. The van der Waals surface area contributed by atoms with E-state index < -0.39 is 0 Å². The van der Waals surface area contributed by atoms with Crippen molar-refractivity contribution in [3.05, 3.63) is 18.2 Å². The van der Waals surface area contributed by atoms with Gasteiger partial charge in [-0.3, -0.25) is 4.90 Å². The predicted molar refractivity (Wildman–Crippen MR) is 74.2 cm³/mol. The number of nitrogens with two attached hydrogens (primary N) is 1. The zero-order valence-electron chi connectivity index (χ0n) is 11.7. The number of aromatic nitrogens is 2. The van der Waals surface area contributed by atoms with Gasteiger partial charge in [0.1, 0.15) is 5.82 Å². The topological polar surface area (TPSA) is 47.1 Å². The Morgan fingerprint density at radius 2 is 2.06 bits per heavy atom. The third-order valence-corrected chi connectivity index (χ3v) is 4.15. The lowest BCUT2D eigenvalue weighted by molar-refractivity contribution is 0.144. The summed E-state index contributed by atoms with van der Waals surface area (Å²) in [4.78, 5) is 7.04. The fourth-order valence-electron chi connectivity index (χ4n) is 2.93. The van der Waals surface area contributed by atoms with Crippen molar-refractivity contribution in [2.75, 3.05) is 6.54 Å². The monoisotopic (exact) mass is 250 g/mol. The maximum Gasteiger partial charge on any atom is 0.122 e. The van der Waals surface area contributed by atoms with Crippen molar-refractivity contribution < 1.29 is 0 Å². The number of hydrogen-bond donors (Lipinski definition) is 1. The van der Waals surface area contributed by atoms with Crippen LogP contribution in [0.5, 0.6) is 0 Å². The van der Waals surface area contributed by atoms with Gasteiger partial charge in [-0.15, -0.1) is 0 Å². The Balaban J connectivity index is 1.97. The van der Waals surface area contributed by atoms with Crippen LogP contribution >= 0.6 is 0 Å². The molecule has 1 aromatic rings. The average Bonchev–Trinajstić information content (AvgIpc) is 2.84. The molecule has 0 amide bonds. The maximum absolute atomic E-state index is 5.99. The second kappa shape index (κ2) is 6.34. The fraction of sp³-hybridized carbons (Fsp3) is 0.786. The molecule has 0 aromatic carbocycles. The van der Waals surface area contributed by atoms with Gasteiger partial charge in [-0.2, -0.15) is 0 Å². The van der Waals surface area contributed by atoms with E-state index in [0.717, 1.165) is 19.6 Å². The molecule has 4 nitrogen and oxygen atoms in total. The molecule has 4 heteroatoms.